The van der Waals surface area contributed by atoms with Crippen molar-refractivity contribution in [3.05, 3.63) is 65.7 Å². The molecule has 2 aromatic rings. The molecule has 0 radical (unpaired) electrons. The largest absolute Gasteiger partial charge is 0.508 e. The molecule has 2 heterocycles. The number of primary amides is 2. The minimum atomic E-state index is -1.91. The Hall–Kier alpha value is -9.11. The maximum atomic E-state index is 14.8. The van der Waals surface area contributed by atoms with Crippen LogP contribution in [0.2, 0.25) is 0 Å². The smallest absolute Gasteiger partial charge is 0.305 e. The Balaban J connectivity index is 1.53. The SMILES string of the molecule is CSCC[C@H](NC(=O)[C@H](Cc1ccccc1)NC(=O)[C@H](CCC(N)=O)NC(=O)[C@H](CC(=O)O)NC(=O)[C@@H]1CCCN1C(=O)[C@H](CCCN=C(N)N)NC(=O)[C@@H]1CCCN1C(=O)[C@H](CCCCN)NC(=O)[C@H](CC(C)C)NC(=O)CNC(=O)[C@@H](N)Cc1ccc(O)cc1)C(N)=O. The highest BCUT2D eigenvalue weighted by Gasteiger charge is 2.43. The van der Waals surface area contributed by atoms with Gasteiger partial charge in [-0.3, -0.25) is 67.3 Å². The first-order valence-corrected chi connectivity index (χ1v) is 33.1. The average Bonchev–Trinajstić information content (AvgIpc) is 1.75. The number of carboxylic acid groups (broad SMARTS) is 1. The summed E-state index contributed by atoms with van der Waals surface area (Å²) in [4.78, 5) is 184. The lowest BCUT2D eigenvalue weighted by molar-refractivity contribution is -0.145. The van der Waals surface area contributed by atoms with Gasteiger partial charge in [-0.05, 0) is 131 Å². The molecule has 33 heteroatoms. The van der Waals surface area contributed by atoms with Crippen LogP contribution in [0, 0.1) is 5.92 Å². The molecule has 12 amide bonds. The lowest BCUT2D eigenvalue weighted by Crippen LogP contribution is -2.60. The van der Waals surface area contributed by atoms with E-state index in [-0.39, 0.29) is 108 Å². The summed E-state index contributed by atoms with van der Waals surface area (Å²) in [5, 5.41) is 40.2. The Morgan fingerprint density at radius 3 is 1.68 bits per heavy atom. The van der Waals surface area contributed by atoms with Crippen LogP contribution in [0.3, 0.4) is 0 Å². The summed E-state index contributed by atoms with van der Waals surface area (Å²) in [5.74, 6) is -11.4. The van der Waals surface area contributed by atoms with Gasteiger partial charge in [-0.2, -0.15) is 11.8 Å². The van der Waals surface area contributed by atoms with E-state index in [2.05, 4.69) is 47.5 Å². The Morgan fingerprint density at radius 2 is 1.13 bits per heavy atom. The van der Waals surface area contributed by atoms with Gasteiger partial charge in [0.25, 0.3) is 0 Å². The zero-order valence-electron chi connectivity index (χ0n) is 54.0. The molecule has 2 aliphatic heterocycles. The molecular formula is C62H95N17O15S. The number of carboxylic acids is 1. The average molecular weight is 1350 g/mol. The summed E-state index contributed by atoms with van der Waals surface area (Å²) in [5.41, 5.74) is 35.3. The second kappa shape index (κ2) is 40.2. The molecule has 10 atom stereocenters. The molecule has 22 N–H and O–H groups in total. The van der Waals surface area contributed by atoms with Crippen LogP contribution in [0.1, 0.15) is 115 Å². The van der Waals surface area contributed by atoms with Gasteiger partial charge in [0.2, 0.25) is 70.9 Å². The Kier molecular flexibility index (Phi) is 33.2. The maximum absolute atomic E-state index is 14.8. The summed E-state index contributed by atoms with van der Waals surface area (Å²) in [6.45, 7) is 3.41. The monoisotopic (exact) mass is 1350 g/mol. The second-order valence-corrected chi connectivity index (χ2v) is 24.9. The number of likely N-dealkylation sites (tertiary alicyclic amines) is 2. The van der Waals surface area contributed by atoms with E-state index in [1.807, 2.05) is 13.8 Å². The highest BCUT2D eigenvalue weighted by molar-refractivity contribution is 7.98. The van der Waals surface area contributed by atoms with Gasteiger partial charge in [0.1, 0.15) is 60.1 Å². The fraction of sp³-hybridized carbons (Fsp3) is 0.581. The zero-order valence-corrected chi connectivity index (χ0v) is 54.8. The van der Waals surface area contributed by atoms with Gasteiger partial charge < -0.3 is 96.9 Å². The van der Waals surface area contributed by atoms with Gasteiger partial charge >= 0.3 is 5.97 Å². The van der Waals surface area contributed by atoms with E-state index in [4.69, 9.17) is 34.4 Å². The number of unbranched alkanes of at least 4 members (excludes halogenated alkanes) is 1. The van der Waals surface area contributed by atoms with Crippen molar-refractivity contribution in [2.45, 2.75) is 177 Å². The normalized spacial score (nSPS) is 16.8. The summed E-state index contributed by atoms with van der Waals surface area (Å²) in [7, 11) is 0. The van der Waals surface area contributed by atoms with Crippen molar-refractivity contribution < 1.29 is 72.5 Å². The predicted molar refractivity (Wildman–Crippen MR) is 351 cm³/mol. The van der Waals surface area contributed by atoms with E-state index in [0.717, 1.165) is 4.90 Å². The third-order valence-corrected chi connectivity index (χ3v) is 16.5. The molecule has 0 aliphatic carbocycles. The maximum Gasteiger partial charge on any atom is 0.305 e. The molecule has 2 fully saturated rings. The van der Waals surface area contributed by atoms with Crippen molar-refractivity contribution in [1.29, 1.82) is 0 Å². The van der Waals surface area contributed by atoms with E-state index in [9.17, 15) is 72.5 Å². The molecule has 2 aliphatic rings. The molecule has 95 heavy (non-hydrogen) atoms. The molecule has 32 nitrogen and oxygen atoms in total. The number of guanidine groups is 1. The number of nitrogens with zero attached hydrogens (tertiary/aromatic N) is 3. The van der Waals surface area contributed by atoms with Gasteiger partial charge in [-0.15, -0.1) is 0 Å². The summed E-state index contributed by atoms with van der Waals surface area (Å²) >= 11 is 1.40. The van der Waals surface area contributed by atoms with Crippen LogP contribution in [-0.4, -0.2) is 208 Å². The van der Waals surface area contributed by atoms with Crippen LogP contribution in [0.5, 0.6) is 5.75 Å². The number of benzene rings is 2. The Labute approximate surface area is 555 Å². The Bertz CT molecular complexity index is 2990. The van der Waals surface area contributed by atoms with Crippen LogP contribution in [0.4, 0.5) is 0 Å². The van der Waals surface area contributed by atoms with Crippen LogP contribution < -0.4 is 76.9 Å². The zero-order chi connectivity index (χ0) is 70.3. The van der Waals surface area contributed by atoms with Crippen LogP contribution in [0.25, 0.3) is 0 Å². The third kappa shape index (κ3) is 27.0. The van der Waals surface area contributed by atoms with Crippen molar-refractivity contribution in [1.82, 2.24) is 52.3 Å². The van der Waals surface area contributed by atoms with Gasteiger partial charge in [0, 0.05) is 32.5 Å². The molecule has 524 valence electrons. The van der Waals surface area contributed by atoms with E-state index < -0.39 is 163 Å². The lowest BCUT2D eigenvalue weighted by Gasteiger charge is -2.32. The Morgan fingerprint density at radius 1 is 0.600 bits per heavy atom. The highest BCUT2D eigenvalue weighted by atomic mass is 32.2. The highest BCUT2D eigenvalue weighted by Crippen LogP contribution is 2.24. The van der Waals surface area contributed by atoms with Gasteiger partial charge in [0.15, 0.2) is 5.96 Å². The number of amides is 12. The van der Waals surface area contributed by atoms with E-state index in [1.165, 1.54) is 28.8 Å². The number of nitrogens with one attached hydrogen (secondary N) is 8. The number of hydrogen-bond donors (Lipinski definition) is 16. The number of aliphatic carboxylic acids is 1. The number of hydrogen-bond acceptors (Lipinski definition) is 18. The number of rotatable bonds is 41. The number of carbonyl (C=O) groups excluding carboxylic acids is 12. The number of nitrogens with two attached hydrogens (primary N) is 6. The number of aliphatic imine (C=N–C) groups is 1. The molecular weight excluding hydrogens is 1250 g/mol. The van der Waals surface area contributed by atoms with E-state index >= 15 is 0 Å². The van der Waals surface area contributed by atoms with Crippen molar-refractivity contribution >= 4 is 94.6 Å². The van der Waals surface area contributed by atoms with E-state index in [1.54, 1.807) is 48.7 Å². The van der Waals surface area contributed by atoms with Crippen molar-refractivity contribution in [3.63, 3.8) is 0 Å². The molecule has 0 bridgehead atoms. The first-order valence-electron chi connectivity index (χ1n) is 31.7. The van der Waals surface area contributed by atoms with Gasteiger partial charge in [-0.25, -0.2) is 0 Å². The van der Waals surface area contributed by atoms with Crippen LogP contribution in [-0.2, 0) is 75.2 Å². The second-order valence-electron chi connectivity index (χ2n) is 23.9. The standard InChI is InChI=1S/C62H95N17O15S/c1-35(2)30-44(71-50(82)34-70-53(86)39(64)31-37-18-20-38(80)21-19-37)55(88)74-42(14-7-8-25-63)60(93)78-27-10-16-47(78)58(91)75-43(15-9-26-69-62(67)68)61(94)79-28-11-17-48(79)59(92)77-46(33-51(83)84)57(90)73-41(22-23-49(65)81)54(87)76-45(32-36-12-5-4-6-13-36)56(89)72-40(52(66)85)24-29-95-3/h4-6,12-13,18-21,35,39-48,80H,7-11,14-17,22-34,63-64H2,1-3H3,(H2,65,81)(H2,66,85)(H,70,86)(H,71,82)(H,72,89)(H,73,90)(H,74,88)(H,75,91)(H,76,87)(H,77,92)(H,83,84)(H4,67,68,69)/t39-,40-,41-,42-,43-,44-,45-,46-,47-,48-/m0/s1. The number of aromatic hydroxyl groups is 1. The topological polar surface area (TPSA) is 534 Å². The number of phenolic OH excluding ortho intramolecular Hbond substituents is 1. The van der Waals surface area contributed by atoms with E-state index in [0.29, 0.717) is 36.1 Å². The van der Waals surface area contributed by atoms with Gasteiger partial charge in [0.05, 0.1) is 19.0 Å². The molecule has 4 rings (SSSR count). The third-order valence-electron chi connectivity index (χ3n) is 15.8. The fourth-order valence-corrected chi connectivity index (χ4v) is 11.4. The van der Waals surface area contributed by atoms with Crippen molar-refractivity contribution in [2.75, 3.05) is 44.7 Å². The summed E-state index contributed by atoms with van der Waals surface area (Å²) in [6.07, 6.45) is 1.77. The first kappa shape index (κ1) is 78.3. The summed E-state index contributed by atoms with van der Waals surface area (Å²) < 4.78 is 0. The van der Waals surface area contributed by atoms with Gasteiger partial charge in [-0.1, -0.05) is 56.3 Å². The molecule has 0 saturated carbocycles. The number of phenols is 1. The summed E-state index contributed by atoms with van der Waals surface area (Å²) in [6, 6.07) is 1.16. The first-order chi connectivity index (χ1) is 45.1. The molecule has 0 spiro atoms. The van der Waals surface area contributed by atoms with Crippen molar-refractivity contribution in [3.8, 4) is 5.75 Å². The molecule has 2 aromatic carbocycles. The van der Waals surface area contributed by atoms with Crippen LogP contribution >= 0.6 is 11.8 Å². The predicted octanol–water partition coefficient (Wildman–Crippen LogP) is -3.80. The molecule has 2 saturated heterocycles. The minimum absolute atomic E-state index is 0.00663. The lowest BCUT2D eigenvalue weighted by atomic mass is 10.0. The van der Waals surface area contributed by atoms with Crippen LogP contribution in [0.15, 0.2) is 59.6 Å². The minimum Gasteiger partial charge on any atom is -0.508 e. The number of carbonyl (C=O) groups is 13. The number of thioether (sulfide) groups is 1. The van der Waals surface area contributed by atoms with Crippen molar-refractivity contribution in [2.24, 2.45) is 45.3 Å². The fourth-order valence-electron chi connectivity index (χ4n) is 10.9. The quantitative estimate of drug-likeness (QED) is 0.0172. The molecule has 0 unspecified atom stereocenters. The molecule has 0 aromatic heterocycles.